The number of ether oxygens (including phenoxy) is 4. The molecule has 34 heteroatoms. The minimum Gasteiger partial charge on any atom is -0.466 e. The lowest BCUT2D eigenvalue weighted by molar-refractivity contribution is -0.145. The minimum atomic E-state index is -4.79. The number of carbonyl (C=O) groups excluding carboxylic acids is 8. The minimum absolute atomic E-state index is 0.0625. The van der Waals surface area contributed by atoms with Crippen molar-refractivity contribution < 1.29 is 83.6 Å². The van der Waals surface area contributed by atoms with Crippen LogP contribution in [0.25, 0.3) is 0 Å². The van der Waals surface area contributed by atoms with Gasteiger partial charge in [-0.15, -0.1) is 0 Å². The number of carbonyl (C=O) groups is 8. The van der Waals surface area contributed by atoms with Crippen LogP contribution in [0.1, 0.15) is 163 Å². The first-order chi connectivity index (χ1) is 57.6. The van der Waals surface area contributed by atoms with Gasteiger partial charge < -0.3 is 80.2 Å². The zero-order valence-corrected chi connectivity index (χ0v) is 70.6. The molecule has 0 aliphatic carbocycles. The molecule has 0 aromatic heterocycles. The van der Waals surface area contributed by atoms with Gasteiger partial charge in [0.05, 0.1) is 58.6 Å². The molecule has 4 aromatic carbocycles. The van der Waals surface area contributed by atoms with Gasteiger partial charge in [0.2, 0.25) is 0 Å². The summed E-state index contributed by atoms with van der Waals surface area (Å²) in [7, 11) is 0. The summed E-state index contributed by atoms with van der Waals surface area (Å²) in [5.74, 6) is -1.29. The maximum absolute atomic E-state index is 14.2. The number of piperazine rings is 2. The molecule has 0 radical (unpaired) electrons. The number of likely N-dealkylation sites (tertiary alicyclic amines) is 4. The van der Waals surface area contributed by atoms with Crippen LogP contribution in [0.2, 0.25) is 10.0 Å². The topological polar surface area (TPSA) is 282 Å². The van der Waals surface area contributed by atoms with Crippen molar-refractivity contribution in [2.45, 2.75) is 204 Å². The monoisotopic (exact) mass is 1720 g/mol. The molecule has 8 aliphatic heterocycles. The predicted molar refractivity (Wildman–Crippen MR) is 445 cm³/mol. The lowest BCUT2D eigenvalue weighted by Crippen LogP contribution is -2.55. The van der Waals surface area contributed by atoms with Crippen molar-refractivity contribution in [3.63, 3.8) is 0 Å². The number of alkyl halides is 6. The van der Waals surface area contributed by atoms with Crippen LogP contribution in [0, 0.1) is 0 Å². The number of hydrogen-bond donors (Lipinski definition) is 4. The second-order valence-corrected chi connectivity index (χ2v) is 33.5. The molecule has 6 saturated heterocycles. The van der Waals surface area contributed by atoms with E-state index in [1.807, 2.05) is 48.5 Å². The van der Waals surface area contributed by atoms with Gasteiger partial charge in [-0.3, -0.25) is 29.0 Å². The summed E-state index contributed by atoms with van der Waals surface area (Å²) in [5.41, 5.74) is 11.7. The van der Waals surface area contributed by atoms with E-state index in [1.54, 1.807) is 19.6 Å². The van der Waals surface area contributed by atoms with Crippen LogP contribution in [-0.2, 0) is 76.2 Å². The first-order valence-corrected chi connectivity index (χ1v) is 43.7. The fraction of sp³-hybridized carbons (Fsp3) is 0.628. The number of nitrogens with two attached hydrogens (primary N) is 2. The molecule has 12 rings (SSSR count). The van der Waals surface area contributed by atoms with Crippen LogP contribution in [-0.4, -0.2) is 277 Å². The smallest absolute Gasteiger partial charge is 0.418 e. The number of unbranched alkanes of at least 4 members (excludes halogenated alkanes) is 6. The first kappa shape index (κ1) is 92.2. The van der Waals surface area contributed by atoms with Gasteiger partial charge in [-0.1, -0.05) is 112 Å². The largest absolute Gasteiger partial charge is 0.466 e. The van der Waals surface area contributed by atoms with Crippen molar-refractivity contribution in [2.75, 3.05) is 166 Å². The number of nitrogens with zero attached hydrogens (tertiary/aromatic N) is 10. The SMILES string of the molecule is CCCCCCOC(=O)CCN1CCN(C2CCN(C(=O)[C@@H](Cc3cc(Cl)c(N)c(C(F)(F)F)c3)OC(=O)N3CCC(N4CCc5ccccc5NC4=O)CC3)CC2)CC1.CCCCCCOC(=O)CCN1CCN(C2CCN(C(=O)[C@@H](Cc3cc(Cl)c(N)c(C(F)(F)F)c3)OC(=O)N3CCC(N4CCc5ccccc5NC4=O)CC3)CC2)CC1. The van der Waals surface area contributed by atoms with Gasteiger partial charge in [0, 0.05) is 179 Å². The molecular weight excluding hydrogens is 1610 g/mol. The van der Waals surface area contributed by atoms with E-state index < -0.39 is 71.1 Å². The Labute approximate surface area is 709 Å². The van der Waals surface area contributed by atoms with Gasteiger partial charge in [0.1, 0.15) is 0 Å². The zero-order chi connectivity index (χ0) is 85.6. The van der Waals surface area contributed by atoms with E-state index in [0.717, 1.165) is 138 Å². The Hall–Kier alpha value is -8.56. The highest BCUT2D eigenvalue weighted by Gasteiger charge is 2.43. The Bertz CT molecular complexity index is 3850. The summed E-state index contributed by atoms with van der Waals surface area (Å²) in [6.45, 7) is 16.9. The van der Waals surface area contributed by atoms with Gasteiger partial charge in [-0.25, -0.2) is 19.2 Å². The van der Waals surface area contributed by atoms with E-state index in [9.17, 15) is 64.7 Å². The normalized spacial score (nSPS) is 19.4. The number of fused-ring (bicyclic) bond motifs is 2. The number of hydrogen-bond acceptors (Lipinski definition) is 18. The summed E-state index contributed by atoms with van der Waals surface area (Å²) in [6, 6.07) is 19.5. The van der Waals surface area contributed by atoms with Crippen LogP contribution in [0.3, 0.4) is 0 Å². The number of piperidine rings is 4. The molecule has 0 saturated carbocycles. The number of benzene rings is 4. The summed E-state index contributed by atoms with van der Waals surface area (Å²) >= 11 is 12.3. The molecule has 0 bridgehead atoms. The third kappa shape index (κ3) is 25.8. The van der Waals surface area contributed by atoms with Crippen LogP contribution < -0.4 is 22.1 Å². The number of esters is 2. The van der Waals surface area contributed by atoms with Gasteiger partial charge >= 0.3 is 48.5 Å². The lowest BCUT2D eigenvalue weighted by Gasteiger charge is -2.43. The summed E-state index contributed by atoms with van der Waals surface area (Å²) in [5, 5.41) is 5.37. The fourth-order valence-electron chi connectivity index (χ4n) is 17.5. The Kier molecular flexibility index (Phi) is 33.8. The molecule has 660 valence electrons. The highest BCUT2D eigenvalue weighted by molar-refractivity contribution is 6.33. The van der Waals surface area contributed by atoms with E-state index in [2.05, 4.69) is 44.1 Å². The predicted octanol–water partition coefficient (Wildman–Crippen LogP) is 13.3. The number of anilines is 4. The third-order valence-corrected chi connectivity index (χ3v) is 25.3. The lowest BCUT2D eigenvalue weighted by atomic mass is 9.99. The van der Waals surface area contributed by atoms with Crippen molar-refractivity contribution in [1.29, 1.82) is 0 Å². The second-order valence-electron chi connectivity index (χ2n) is 32.7. The molecule has 4 aromatic rings. The van der Waals surface area contributed by atoms with Crippen molar-refractivity contribution in [3.05, 3.63) is 116 Å². The molecule has 0 spiro atoms. The third-order valence-electron chi connectivity index (χ3n) is 24.7. The number of nitrogen functional groups attached to an aromatic ring is 2. The fourth-order valence-corrected chi connectivity index (χ4v) is 18.0. The maximum atomic E-state index is 14.2. The number of halogens is 8. The van der Waals surface area contributed by atoms with E-state index in [4.69, 9.17) is 53.6 Å². The van der Waals surface area contributed by atoms with Gasteiger partial charge in [0.25, 0.3) is 11.8 Å². The van der Waals surface area contributed by atoms with Crippen LogP contribution in [0.5, 0.6) is 0 Å². The highest BCUT2D eigenvalue weighted by Crippen LogP contribution is 2.41. The van der Waals surface area contributed by atoms with Crippen LogP contribution in [0.4, 0.5) is 68.3 Å². The Morgan fingerprint density at radius 1 is 0.450 bits per heavy atom. The second kappa shape index (κ2) is 44.0. The Morgan fingerprint density at radius 3 is 1.14 bits per heavy atom. The van der Waals surface area contributed by atoms with Crippen molar-refractivity contribution in [2.24, 2.45) is 0 Å². The quantitative estimate of drug-likeness (QED) is 0.0135. The summed E-state index contributed by atoms with van der Waals surface area (Å²) in [4.78, 5) is 126. The Morgan fingerprint density at radius 2 is 0.792 bits per heavy atom. The van der Waals surface area contributed by atoms with Crippen LogP contribution in [0.15, 0.2) is 72.8 Å². The summed E-state index contributed by atoms with van der Waals surface area (Å²) in [6.07, 6.45) is 0.777. The number of urea groups is 2. The molecule has 26 nitrogen and oxygen atoms in total. The van der Waals surface area contributed by atoms with Gasteiger partial charge in [0.15, 0.2) is 12.2 Å². The number of para-hydroxylation sites is 2. The molecule has 120 heavy (non-hydrogen) atoms. The zero-order valence-electron chi connectivity index (χ0n) is 69.1. The van der Waals surface area contributed by atoms with E-state index in [1.165, 1.54) is 21.9 Å². The molecule has 6 N–H and O–H groups in total. The summed E-state index contributed by atoms with van der Waals surface area (Å²) < 4.78 is 106. The molecule has 8 heterocycles. The van der Waals surface area contributed by atoms with Crippen molar-refractivity contribution in [1.82, 2.24) is 49.0 Å². The molecular formula is C86H118Cl2F6N14O12. The molecule has 2 atom stereocenters. The molecule has 6 fully saturated rings. The van der Waals surface area contributed by atoms with Gasteiger partial charge in [-0.05, 0) is 136 Å². The highest BCUT2D eigenvalue weighted by atomic mass is 35.5. The van der Waals surface area contributed by atoms with Crippen LogP contribution >= 0.6 is 23.2 Å². The average molecular weight is 1720 g/mol. The number of rotatable bonds is 28. The van der Waals surface area contributed by atoms with Crippen molar-refractivity contribution >= 4 is 94.0 Å². The van der Waals surface area contributed by atoms with Crippen molar-refractivity contribution in [3.8, 4) is 0 Å². The molecule has 0 unspecified atom stereocenters. The molecule has 8 aliphatic rings. The van der Waals surface area contributed by atoms with E-state index in [-0.39, 0.29) is 108 Å². The number of nitrogens with one attached hydrogen (secondary N) is 2. The Balaban J connectivity index is 0.000000235. The van der Waals surface area contributed by atoms with E-state index >= 15 is 0 Å². The first-order valence-electron chi connectivity index (χ1n) is 42.9. The van der Waals surface area contributed by atoms with E-state index in [0.29, 0.717) is 143 Å². The maximum Gasteiger partial charge on any atom is 0.418 e. The molecule has 8 amide bonds. The number of amides is 8. The average Bonchev–Trinajstić information content (AvgIpc) is 1.06. The standard InChI is InChI=1S/2C43H59ClF3N7O6/c2*1-2-3-4-7-26-59-38(55)15-16-50-22-24-51(25-23-50)32-11-17-52(18-12-32)40(56)37(29-30-27-34(43(45,46)47)39(48)35(44)28-30)60-42(58)53-19-13-33(14-20-53)54-21-10-31-8-5-6-9-36(31)49-41(54)57/h2*5-6,8-9,27-28,32-33,37H,2-4,7,10-26,29,48H2,1H3,(H,49,57)/t2*37-/m11/s1. The van der Waals surface area contributed by atoms with Gasteiger partial charge in [-0.2, -0.15) is 26.3 Å².